The summed E-state index contributed by atoms with van der Waals surface area (Å²) < 4.78 is 29.5. The zero-order chi connectivity index (χ0) is 20.2. The average molecular weight is 417 g/mol. The van der Waals surface area contributed by atoms with Crippen LogP contribution in [0, 0.1) is 11.8 Å². The van der Waals surface area contributed by atoms with Gasteiger partial charge in [-0.3, -0.25) is 14.6 Å². The summed E-state index contributed by atoms with van der Waals surface area (Å²) in [4.78, 5) is 33.8. The Bertz CT molecular complexity index is 965. The van der Waals surface area contributed by atoms with Crippen LogP contribution in [0.5, 0.6) is 0 Å². The molecule has 154 valence electrons. The van der Waals surface area contributed by atoms with Crippen LogP contribution < -0.4 is 0 Å². The standard InChI is InChI=1S/C20H23N3O5S/c24-18(22-9-11-29(26,27)12-10-22)16-15-1-5-20(28-15)13-23(19(25)17(16)20)8-4-14-2-6-21-7-3-14/h1-3,5-7,15-17H,4,8-13H2/t15-,16?,17?,20-/m1/s1. The van der Waals surface area contributed by atoms with Crippen molar-refractivity contribution in [3.63, 3.8) is 0 Å². The number of nitrogens with zero attached hydrogens (tertiary/aromatic N) is 3. The minimum atomic E-state index is -3.07. The highest BCUT2D eigenvalue weighted by molar-refractivity contribution is 7.91. The summed E-state index contributed by atoms with van der Waals surface area (Å²) in [5, 5.41) is 0. The van der Waals surface area contributed by atoms with E-state index in [0.717, 1.165) is 5.56 Å². The zero-order valence-electron chi connectivity index (χ0n) is 15.9. The first kappa shape index (κ1) is 18.7. The molecular formula is C20H23N3O5S. The van der Waals surface area contributed by atoms with E-state index in [2.05, 4.69) is 4.98 Å². The van der Waals surface area contributed by atoms with Crippen molar-refractivity contribution in [2.75, 3.05) is 37.7 Å². The minimum absolute atomic E-state index is 0.0192. The molecule has 5 heterocycles. The molecule has 4 atom stereocenters. The fraction of sp³-hybridized carbons (Fsp3) is 0.550. The maximum Gasteiger partial charge on any atom is 0.230 e. The lowest BCUT2D eigenvalue weighted by atomic mass is 9.76. The first-order valence-electron chi connectivity index (χ1n) is 9.93. The number of amides is 2. The van der Waals surface area contributed by atoms with Crippen molar-refractivity contribution in [1.82, 2.24) is 14.8 Å². The summed E-state index contributed by atoms with van der Waals surface area (Å²) in [6.07, 6.45) is 7.60. The summed E-state index contributed by atoms with van der Waals surface area (Å²) in [6.45, 7) is 1.39. The summed E-state index contributed by atoms with van der Waals surface area (Å²) in [5.74, 6) is -1.34. The van der Waals surface area contributed by atoms with Crippen LogP contribution in [0.4, 0.5) is 0 Å². The minimum Gasteiger partial charge on any atom is -0.360 e. The van der Waals surface area contributed by atoms with Gasteiger partial charge in [0.25, 0.3) is 0 Å². The number of fused-ring (bicyclic) bond motifs is 1. The van der Waals surface area contributed by atoms with E-state index in [1.807, 2.05) is 24.3 Å². The number of sulfone groups is 1. The van der Waals surface area contributed by atoms with Gasteiger partial charge in [0.1, 0.15) is 5.60 Å². The van der Waals surface area contributed by atoms with Gasteiger partial charge in [-0.1, -0.05) is 12.2 Å². The molecule has 0 aromatic carbocycles. The Balaban J connectivity index is 1.32. The molecule has 2 amide bonds. The van der Waals surface area contributed by atoms with E-state index < -0.39 is 33.4 Å². The van der Waals surface area contributed by atoms with Crippen LogP contribution in [0.2, 0.25) is 0 Å². The van der Waals surface area contributed by atoms with Gasteiger partial charge in [-0.25, -0.2) is 8.42 Å². The Morgan fingerprint density at radius 3 is 2.69 bits per heavy atom. The highest BCUT2D eigenvalue weighted by Gasteiger charge is 2.67. The second kappa shape index (κ2) is 6.63. The highest BCUT2D eigenvalue weighted by Crippen LogP contribution is 2.52. The molecule has 4 aliphatic rings. The van der Waals surface area contributed by atoms with Gasteiger partial charge < -0.3 is 14.5 Å². The lowest BCUT2D eigenvalue weighted by Crippen LogP contribution is -2.50. The molecule has 2 bridgehead atoms. The van der Waals surface area contributed by atoms with Crippen LogP contribution in [0.25, 0.3) is 0 Å². The summed E-state index contributed by atoms with van der Waals surface area (Å²) in [5.41, 5.74) is 0.368. The lowest BCUT2D eigenvalue weighted by molar-refractivity contribution is -0.143. The normalized spacial score (nSPS) is 34.6. The summed E-state index contributed by atoms with van der Waals surface area (Å²) in [7, 11) is -3.07. The lowest BCUT2D eigenvalue weighted by Gasteiger charge is -2.32. The average Bonchev–Trinajstić information content (AvgIpc) is 3.35. The molecule has 1 aromatic heterocycles. The van der Waals surface area contributed by atoms with Crippen molar-refractivity contribution >= 4 is 21.7 Å². The molecule has 3 saturated heterocycles. The molecule has 8 nitrogen and oxygen atoms in total. The highest BCUT2D eigenvalue weighted by atomic mass is 32.2. The van der Waals surface area contributed by atoms with E-state index in [1.165, 1.54) is 0 Å². The Kier molecular flexibility index (Phi) is 4.29. The van der Waals surface area contributed by atoms with Crippen LogP contribution in [0.3, 0.4) is 0 Å². The zero-order valence-corrected chi connectivity index (χ0v) is 16.8. The third-order valence-electron chi connectivity index (χ3n) is 6.54. The second-order valence-corrected chi connectivity index (χ2v) is 10.5. The topological polar surface area (TPSA) is 96.9 Å². The summed E-state index contributed by atoms with van der Waals surface area (Å²) >= 11 is 0. The molecule has 0 N–H and O–H groups in total. The number of pyridine rings is 1. The van der Waals surface area contributed by atoms with E-state index in [9.17, 15) is 18.0 Å². The van der Waals surface area contributed by atoms with Gasteiger partial charge in [0, 0.05) is 32.0 Å². The van der Waals surface area contributed by atoms with Gasteiger partial charge in [-0.2, -0.15) is 0 Å². The molecule has 0 radical (unpaired) electrons. The van der Waals surface area contributed by atoms with Gasteiger partial charge in [0.05, 0.1) is 36.0 Å². The van der Waals surface area contributed by atoms with Crippen molar-refractivity contribution in [3.8, 4) is 0 Å². The number of hydrogen-bond acceptors (Lipinski definition) is 6. The number of carbonyl (C=O) groups is 2. The fourth-order valence-corrected chi connectivity index (χ4v) is 6.21. The molecule has 1 aromatic rings. The number of hydrogen-bond donors (Lipinski definition) is 0. The van der Waals surface area contributed by atoms with Crippen LogP contribution >= 0.6 is 0 Å². The fourth-order valence-electron chi connectivity index (χ4n) is 5.01. The van der Waals surface area contributed by atoms with Gasteiger partial charge >= 0.3 is 0 Å². The third-order valence-corrected chi connectivity index (χ3v) is 8.15. The van der Waals surface area contributed by atoms with Crippen molar-refractivity contribution in [1.29, 1.82) is 0 Å². The van der Waals surface area contributed by atoms with E-state index in [4.69, 9.17) is 4.74 Å². The molecule has 9 heteroatoms. The predicted molar refractivity (Wildman–Crippen MR) is 103 cm³/mol. The second-order valence-electron chi connectivity index (χ2n) is 8.24. The van der Waals surface area contributed by atoms with Crippen molar-refractivity contribution < 1.29 is 22.7 Å². The SMILES string of the molecule is O=C(C1C2C(=O)N(CCc3ccncc3)C[C@]23C=C[C@H]1O3)N1CCS(=O)(=O)CC1. The van der Waals surface area contributed by atoms with Crippen LogP contribution in [0.15, 0.2) is 36.7 Å². The Labute approximate surface area is 169 Å². The first-order chi connectivity index (χ1) is 13.9. The summed E-state index contributed by atoms with van der Waals surface area (Å²) in [6, 6.07) is 3.86. The molecule has 3 fully saturated rings. The number of aromatic nitrogens is 1. The predicted octanol–water partition coefficient (Wildman–Crippen LogP) is -0.337. The molecule has 29 heavy (non-hydrogen) atoms. The van der Waals surface area contributed by atoms with E-state index >= 15 is 0 Å². The van der Waals surface area contributed by atoms with Crippen LogP contribution in [0.1, 0.15) is 5.56 Å². The third kappa shape index (κ3) is 3.07. The van der Waals surface area contributed by atoms with E-state index in [0.29, 0.717) is 19.5 Å². The molecule has 1 spiro atoms. The number of carbonyl (C=O) groups excluding carboxylic acids is 2. The quantitative estimate of drug-likeness (QED) is 0.622. The Hall–Kier alpha value is -2.26. The van der Waals surface area contributed by atoms with Crippen molar-refractivity contribution in [2.24, 2.45) is 11.8 Å². The largest absolute Gasteiger partial charge is 0.360 e. The molecule has 2 unspecified atom stereocenters. The molecule has 5 rings (SSSR count). The molecule has 4 aliphatic heterocycles. The molecule has 0 saturated carbocycles. The molecular weight excluding hydrogens is 394 g/mol. The van der Waals surface area contributed by atoms with Crippen LogP contribution in [-0.4, -0.2) is 84.4 Å². The Morgan fingerprint density at radius 1 is 1.24 bits per heavy atom. The number of rotatable bonds is 4. The van der Waals surface area contributed by atoms with E-state index in [-0.39, 0.29) is 36.4 Å². The van der Waals surface area contributed by atoms with Gasteiger partial charge in [-0.05, 0) is 24.1 Å². The Morgan fingerprint density at radius 2 is 1.97 bits per heavy atom. The molecule has 0 aliphatic carbocycles. The van der Waals surface area contributed by atoms with Crippen molar-refractivity contribution in [3.05, 3.63) is 42.2 Å². The smallest absolute Gasteiger partial charge is 0.230 e. The van der Waals surface area contributed by atoms with Gasteiger partial charge in [0.2, 0.25) is 11.8 Å². The van der Waals surface area contributed by atoms with Crippen molar-refractivity contribution in [2.45, 2.75) is 18.1 Å². The number of ether oxygens (including phenoxy) is 1. The monoisotopic (exact) mass is 417 g/mol. The van der Waals surface area contributed by atoms with E-state index in [1.54, 1.807) is 22.2 Å². The maximum absolute atomic E-state index is 13.2. The van der Waals surface area contributed by atoms with Crippen LogP contribution in [-0.2, 0) is 30.6 Å². The number of likely N-dealkylation sites (tertiary alicyclic amines) is 1. The van der Waals surface area contributed by atoms with Gasteiger partial charge in [-0.15, -0.1) is 0 Å². The maximum atomic E-state index is 13.2. The first-order valence-corrected chi connectivity index (χ1v) is 11.7. The van der Waals surface area contributed by atoms with Gasteiger partial charge in [0.15, 0.2) is 9.84 Å².